The summed E-state index contributed by atoms with van der Waals surface area (Å²) in [5, 5.41) is 23.7. The average molecular weight is 459 g/mol. The van der Waals surface area contributed by atoms with E-state index >= 15 is 0 Å². The molecule has 2 aromatic rings. The Morgan fingerprint density at radius 3 is 2.79 bits per heavy atom. The molecule has 13 nitrogen and oxygen atoms in total. The number of nitrogens with zero attached hydrogens (tertiary/aromatic N) is 5. The number of ether oxygens (including phenoxy) is 2. The number of hydrogen-bond donors (Lipinski definition) is 4. The fourth-order valence-corrected chi connectivity index (χ4v) is 3.45. The second-order valence-electron chi connectivity index (χ2n) is 7.75. The van der Waals surface area contributed by atoms with Crippen LogP contribution in [0.4, 0.5) is 10.6 Å². The number of anilines is 1. The number of fused-ring (bicyclic) bond motifs is 1. The molecule has 4 rings (SSSR count). The van der Waals surface area contributed by atoms with E-state index in [-0.39, 0.29) is 35.4 Å². The summed E-state index contributed by atoms with van der Waals surface area (Å²) in [6, 6.07) is 0.0788. The number of aliphatic hydroxyl groups is 2. The van der Waals surface area contributed by atoms with Gasteiger partial charge in [0.15, 0.2) is 23.8 Å². The molecule has 2 amide bonds. The van der Waals surface area contributed by atoms with E-state index in [0.29, 0.717) is 6.54 Å². The monoisotopic (exact) mass is 459 g/mol. The molecule has 3 heterocycles. The van der Waals surface area contributed by atoms with E-state index in [1.165, 1.54) is 22.9 Å². The number of nitrogen functional groups attached to an aromatic ring is 1. The highest BCUT2D eigenvalue weighted by atomic mass is 16.6. The molecule has 2 unspecified atom stereocenters. The molecule has 2 aliphatic rings. The Bertz CT molecular complexity index is 1120. The number of hydrogen-bond acceptors (Lipinski definition) is 10. The van der Waals surface area contributed by atoms with Crippen molar-refractivity contribution in [2.45, 2.75) is 50.3 Å². The lowest BCUT2D eigenvalue weighted by Gasteiger charge is -2.16. The maximum Gasteiger partial charge on any atom is 0.410 e. The molecule has 2 aromatic heterocycles. The highest BCUT2D eigenvalue weighted by Gasteiger charge is 2.48. The van der Waals surface area contributed by atoms with E-state index in [2.05, 4.69) is 36.8 Å². The second kappa shape index (κ2) is 9.18. The number of imidazole rings is 1. The third-order valence-electron chi connectivity index (χ3n) is 5.43. The normalized spacial score (nSPS) is 24.2. The Morgan fingerprint density at radius 1 is 1.36 bits per heavy atom. The summed E-state index contributed by atoms with van der Waals surface area (Å²) in [5.74, 6) is 5.18. The predicted octanol–water partition coefficient (Wildman–Crippen LogP) is -1.25. The van der Waals surface area contributed by atoms with Crippen molar-refractivity contribution in [1.29, 1.82) is 0 Å². The van der Waals surface area contributed by atoms with Gasteiger partial charge >= 0.3 is 6.09 Å². The van der Waals surface area contributed by atoms with Crippen LogP contribution in [0.1, 0.15) is 31.8 Å². The van der Waals surface area contributed by atoms with Crippen molar-refractivity contribution in [3.05, 3.63) is 12.2 Å². The molecule has 0 aromatic carbocycles. The van der Waals surface area contributed by atoms with Gasteiger partial charge in [-0.15, -0.1) is 0 Å². The molecule has 1 saturated heterocycles. The first-order valence-electron chi connectivity index (χ1n) is 10.5. The number of carbonyl (C=O) groups excluding carboxylic acids is 2. The lowest BCUT2D eigenvalue weighted by atomic mass is 10.1. The Morgan fingerprint density at radius 2 is 2.12 bits per heavy atom. The number of aliphatic hydroxyl groups excluding tert-OH is 2. The number of carbonyl (C=O) groups is 2. The summed E-state index contributed by atoms with van der Waals surface area (Å²) < 4.78 is 11.8. The number of nitrogens with one attached hydrogen (secondary N) is 1. The van der Waals surface area contributed by atoms with Crippen molar-refractivity contribution in [2.24, 2.45) is 0 Å². The van der Waals surface area contributed by atoms with Crippen LogP contribution in [0.2, 0.25) is 0 Å². The van der Waals surface area contributed by atoms with Crippen molar-refractivity contribution in [1.82, 2.24) is 29.7 Å². The number of rotatable bonds is 5. The zero-order chi connectivity index (χ0) is 23.7. The molecule has 176 valence electrons. The molecule has 1 aliphatic carbocycles. The van der Waals surface area contributed by atoms with Crippen molar-refractivity contribution >= 4 is 29.0 Å². The van der Waals surface area contributed by atoms with Gasteiger partial charge in [0, 0.05) is 12.6 Å². The van der Waals surface area contributed by atoms with Gasteiger partial charge < -0.3 is 30.7 Å². The van der Waals surface area contributed by atoms with Gasteiger partial charge in [0.05, 0.1) is 20.0 Å². The Balaban J connectivity index is 1.58. The molecule has 4 atom stereocenters. The quantitative estimate of drug-likeness (QED) is 0.395. The van der Waals surface area contributed by atoms with Gasteiger partial charge in [0.25, 0.3) is 5.91 Å². The van der Waals surface area contributed by atoms with Crippen LogP contribution in [0.3, 0.4) is 0 Å². The molecular formula is C20H25N7O6. The van der Waals surface area contributed by atoms with Gasteiger partial charge in [0.2, 0.25) is 5.82 Å². The van der Waals surface area contributed by atoms with Gasteiger partial charge in [-0.2, -0.15) is 0 Å². The van der Waals surface area contributed by atoms with Crippen LogP contribution in [0.25, 0.3) is 11.2 Å². The summed E-state index contributed by atoms with van der Waals surface area (Å²) >= 11 is 0. The van der Waals surface area contributed by atoms with Gasteiger partial charge in [-0.25, -0.2) is 19.7 Å². The van der Waals surface area contributed by atoms with E-state index < -0.39 is 36.5 Å². The molecule has 33 heavy (non-hydrogen) atoms. The number of nitrogens with two attached hydrogens (primary N) is 1. The van der Waals surface area contributed by atoms with Gasteiger partial charge in [-0.05, 0) is 25.7 Å². The van der Waals surface area contributed by atoms with Crippen LogP contribution < -0.4 is 11.1 Å². The van der Waals surface area contributed by atoms with E-state index in [0.717, 1.165) is 12.8 Å². The topological polar surface area (TPSA) is 178 Å². The van der Waals surface area contributed by atoms with Crippen LogP contribution in [0.15, 0.2) is 6.33 Å². The smallest absolute Gasteiger partial charge is 0.410 e. The third kappa shape index (κ3) is 4.54. The molecule has 0 bridgehead atoms. The fourth-order valence-electron chi connectivity index (χ4n) is 3.45. The number of amides is 2. The zero-order valence-electron chi connectivity index (χ0n) is 18.1. The minimum atomic E-state index is -1.43. The average Bonchev–Trinajstić information content (AvgIpc) is 3.43. The SMILES string of the molecule is CCN(CC#Cc1nc(N)c2ncn([C@@H]3O[C@H](C(=O)NC4CC4)C(O)C3O)c2n1)C(=O)OC. The second-order valence-corrected chi connectivity index (χ2v) is 7.75. The Hall–Kier alpha value is -3.47. The van der Waals surface area contributed by atoms with Crippen LogP contribution in [-0.2, 0) is 14.3 Å². The van der Waals surface area contributed by atoms with E-state index in [9.17, 15) is 19.8 Å². The van der Waals surface area contributed by atoms with Gasteiger partial charge in [0.1, 0.15) is 17.7 Å². The molecule has 0 spiro atoms. The van der Waals surface area contributed by atoms with Crippen molar-refractivity contribution < 1.29 is 29.3 Å². The summed E-state index contributed by atoms with van der Waals surface area (Å²) in [6.07, 6.45) is -2.60. The summed E-state index contributed by atoms with van der Waals surface area (Å²) in [4.78, 5) is 38.0. The first-order chi connectivity index (χ1) is 15.8. The van der Waals surface area contributed by atoms with E-state index in [1.54, 1.807) is 6.92 Å². The number of aromatic nitrogens is 4. The lowest BCUT2D eigenvalue weighted by molar-refractivity contribution is -0.137. The van der Waals surface area contributed by atoms with Crippen LogP contribution in [0.5, 0.6) is 0 Å². The van der Waals surface area contributed by atoms with Crippen LogP contribution in [0, 0.1) is 11.8 Å². The highest BCUT2D eigenvalue weighted by molar-refractivity contribution is 5.83. The van der Waals surface area contributed by atoms with Gasteiger partial charge in [-0.3, -0.25) is 14.3 Å². The van der Waals surface area contributed by atoms with E-state index in [1.807, 2.05) is 0 Å². The predicted molar refractivity (Wildman–Crippen MR) is 113 cm³/mol. The summed E-state index contributed by atoms with van der Waals surface area (Å²) in [5.41, 5.74) is 6.47. The minimum Gasteiger partial charge on any atom is -0.453 e. The fraction of sp³-hybridized carbons (Fsp3) is 0.550. The third-order valence-corrected chi connectivity index (χ3v) is 5.43. The molecule has 2 fully saturated rings. The first kappa shape index (κ1) is 22.7. The molecule has 13 heteroatoms. The van der Waals surface area contributed by atoms with Crippen molar-refractivity contribution in [3.63, 3.8) is 0 Å². The largest absolute Gasteiger partial charge is 0.453 e. The van der Waals surface area contributed by atoms with Crippen LogP contribution >= 0.6 is 0 Å². The first-order valence-corrected chi connectivity index (χ1v) is 10.5. The van der Waals surface area contributed by atoms with E-state index in [4.69, 9.17) is 10.5 Å². The van der Waals surface area contributed by atoms with Crippen molar-refractivity contribution in [3.8, 4) is 11.8 Å². The molecule has 5 N–H and O–H groups in total. The maximum absolute atomic E-state index is 12.4. The maximum atomic E-state index is 12.4. The van der Waals surface area contributed by atoms with Crippen LogP contribution in [-0.4, -0.2) is 91.2 Å². The molecule has 1 aliphatic heterocycles. The zero-order valence-corrected chi connectivity index (χ0v) is 18.1. The highest BCUT2D eigenvalue weighted by Crippen LogP contribution is 2.33. The Labute approximate surface area is 188 Å². The molecule has 0 radical (unpaired) electrons. The Kier molecular flexibility index (Phi) is 6.32. The molecular weight excluding hydrogens is 434 g/mol. The standard InChI is InChI=1S/C20H25N7O6/c1-3-26(20(31)32-2)8-4-5-11-24-16(21)12-17(25-11)27(9-22-12)19-14(29)13(28)15(33-19)18(30)23-10-6-7-10/h9-10,13-15,19,28-29H,3,6-8H2,1-2H3,(H,23,30)(H2,21,24,25)/t13?,14?,15-,19+/m0/s1. The lowest BCUT2D eigenvalue weighted by Crippen LogP contribution is -2.43. The summed E-state index contributed by atoms with van der Waals surface area (Å²) in [6.45, 7) is 2.29. The summed E-state index contributed by atoms with van der Waals surface area (Å²) in [7, 11) is 1.29. The van der Waals surface area contributed by atoms with Gasteiger partial charge in [-0.1, -0.05) is 5.92 Å². The number of methoxy groups -OCH3 is 1. The minimum absolute atomic E-state index is 0.0550. The van der Waals surface area contributed by atoms with Crippen molar-refractivity contribution in [2.75, 3.05) is 25.9 Å². The molecule has 1 saturated carbocycles.